The molecule has 8 nitrogen and oxygen atoms in total. The van der Waals surface area contributed by atoms with Crippen molar-refractivity contribution in [2.24, 2.45) is 5.73 Å². The van der Waals surface area contributed by atoms with Crippen LogP contribution in [0, 0.1) is 22.7 Å². The predicted molar refractivity (Wildman–Crippen MR) is 136 cm³/mol. The minimum absolute atomic E-state index is 0.0158. The molecule has 0 aliphatic rings. The monoisotopic (exact) mass is 484 g/mol. The molecular formula is C26H24N6O2S. The Hall–Kier alpha value is -4.34. The van der Waals surface area contributed by atoms with Gasteiger partial charge in [0.25, 0.3) is 5.91 Å². The number of nitriles is 2. The maximum Gasteiger partial charge on any atom is 0.250 e. The maximum atomic E-state index is 13.1. The largest absolute Gasteiger partial charge is 0.383 e. The van der Waals surface area contributed by atoms with Crippen molar-refractivity contribution in [1.29, 1.82) is 10.5 Å². The van der Waals surface area contributed by atoms with E-state index in [4.69, 9.17) is 11.5 Å². The number of nitrogens with zero attached hydrogens (tertiary/aromatic N) is 3. The Labute approximate surface area is 208 Å². The highest BCUT2D eigenvalue weighted by atomic mass is 32.2. The van der Waals surface area contributed by atoms with Crippen molar-refractivity contribution in [3.63, 3.8) is 0 Å². The Morgan fingerprint density at radius 3 is 2.29 bits per heavy atom. The second-order valence-corrected chi connectivity index (χ2v) is 8.81. The molecule has 1 atom stereocenters. The highest BCUT2D eigenvalue weighted by molar-refractivity contribution is 8.00. The molecular weight excluding hydrogens is 460 g/mol. The Morgan fingerprint density at radius 2 is 1.71 bits per heavy atom. The van der Waals surface area contributed by atoms with E-state index >= 15 is 0 Å². The molecule has 2 aromatic carbocycles. The van der Waals surface area contributed by atoms with Crippen LogP contribution < -0.4 is 16.8 Å². The summed E-state index contributed by atoms with van der Waals surface area (Å²) in [7, 11) is 0. The first-order chi connectivity index (χ1) is 16.8. The summed E-state index contributed by atoms with van der Waals surface area (Å²) in [6.07, 6.45) is 1.25. The first-order valence-corrected chi connectivity index (χ1v) is 11.8. The Bertz CT molecular complexity index is 1360. The van der Waals surface area contributed by atoms with Gasteiger partial charge in [0.15, 0.2) is 0 Å². The minimum Gasteiger partial charge on any atom is -0.383 e. The lowest BCUT2D eigenvalue weighted by Gasteiger charge is -2.18. The smallest absolute Gasteiger partial charge is 0.250 e. The van der Waals surface area contributed by atoms with Crippen molar-refractivity contribution < 1.29 is 9.59 Å². The number of hydrogen-bond donors (Lipinski definition) is 3. The number of anilines is 2. The Kier molecular flexibility index (Phi) is 8.08. The number of primary amides is 1. The molecule has 0 saturated heterocycles. The fraction of sp³-hybridized carbons (Fsp3) is 0.192. The van der Waals surface area contributed by atoms with E-state index in [0.29, 0.717) is 23.2 Å². The zero-order chi connectivity index (χ0) is 25.5. The number of nitrogen functional groups attached to an aromatic ring is 1. The second-order valence-electron chi connectivity index (χ2n) is 7.62. The van der Waals surface area contributed by atoms with Gasteiger partial charge >= 0.3 is 0 Å². The molecule has 2 amide bonds. The SMILES string of the molecule is CCc1ccc(-c2c(C#N)c(N)nc(SC(CC)C(=O)Nc3ccccc3C(N)=O)c2C#N)cc1. The van der Waals surface area contributed by atoms with Crippen LogP contribution in [0.3, 0.4) is 0 Å². The minimum atomic E-state index is -0.659. The third kappa shape index (κ3) is 5.43. The van der Waals surface area contributed by atoms with Gasteiger partial charge in [-0.3, -0.25) is 9.59 Å². The summed E-state index contributed by atoms with van der Waals surface area (Å²) in [6.45, 7) is 3.86. The zero-order valence-electron chi connectivity index (χ0n) is 19.3. The average molecular weight is 485 g/mol. The number of benzene rings is 2. The van der Waals surface area contributed by atoms with E-state index in [1.807, 2.05) is 38.1 Å². The quantitative estimate of drug-likeness (QED) is 0.403. The predicted octanol–water partition coefficient (Wildman–Crippen LogP) is 4.24. The molecule has 0 spiro atoms. The molecule has 1 unspecified atom stereocenters. The van der Waals surface area contributed by atoms with E-state index in [-0.39, 0.29) is 33.4 Å². The van der Waals surface area contributed by atoms with Crippen molar-refractivity contribution in [3.8, 4) is 23.3 Å². The van der Waals surface area contributed by atoms with Gasteiger partial charge in [-0.1, -0.05) is 62.0 Å². The molecule has 1 aromatic heterocycles. The summed E-state index contributed by atoms with van der Waals surface area (Å²) in [4.78, 5) is 29.1. The Balaban J connectivity index is 2.02. The third-order valence-electron chi connectivity index (χ3n) is 5.43. The number of amides is 2. The number of thioether (sulfide) groups is 1. The maximum absolute atomic E-state index is 13.1. The molecule has 3 rings (SSSR count). The van der Waals surface area contributed by atoms with E-state index in [2.05, 4.69) is 22.4 Å². The summed E-state index contributed by atoms with van der Waals surface area (Å²) in [5, 5.41) is 22.1. The molecule has 3 aromatic rings. The molecule has 0 aliphatic heterocycles. The normalized spacial score (nSPS) is 11.2. The summed E-state index contributed by atoms with van der Waals surface area (Å²) < 4.78 is 0. The fourth-order valence-corrected chi connectivity index (χ4v) is 4.58. The zero-order valence-corrected chi connectivity index (χ0v) is 20.1. The molecule has 0 saturated carbocycles. The number of rotatable bonds is 8. The average Bonchev–Trinajstić information content (AvgIpc) is 2.87. The number of carbonyl (C=O) groups is 2. The van der Waals surface area contributed by atoms with Crippen LogP contribution in [0.15, 0.2) is 53.6 Å². The van der Waals surface area contributed by atoms with Gasteiger partial charge in [0, 0.05) is 5.56 Å². The van der Waals surface area contributed by atoms with Gasteiger partial charge in [0.2, 0.25) is 5.91 Å². The highest BCUT2D eigenvalue weighted by Crippen LogP contribution is 2.38. The van der Waals surface area contributed by atoms with Gasteiger partial charge in [-0.15, -0.1) is 0 Å². The van der Waals surface area contributed by atoms with Gasteiger partial charge in [0.05, 0.1) is 22.1 Å². The van der Waals surface area contributed by atoms with Crippen molar-refractivity contribution in [1.82, 2.24) is 4.98 Å². The standard InChI is InChI=1S/C26H24N6O2S/c1-3-15-9-11-16(12-10-15)22-18(13-27)23(29)32-26(19(22)14-28)35-21(4-2)25(34)31-20-8-6-5-7-17(20)24(30)33/h5-12,21H,3-4H2,1-2H3,(H2,29,32)(H2,30,33)(H,31,34). The van der Waals surface area contributed by atoms with Crippen LogP contribution in [-0.4, -0.2) is 22.0 Å². The number of carbonyl (C=O) groups excluding carboxylic acids is 2. The van der Waals surface area contributed by atoms with Crippen LogP contribution in [0.25, 0.3) is 11.1 Å². The fourth-order valence-electron chi connectivity index (χ4n) is 3.56. The molecule has 0 fully saturated rings. The molecule has 35 heavy (non-hydrogen) atoms. The number of pyridine rings is 1. The van der Waals surface area contributed by atoms with Gasteiger partial charge in [-0.2, -0.15) is 10.5 Å². The molecule has 0 aliphatic carbocycles. The van der Waals surface area contributed by atoms with Crippen LogP contribution in [0.4, 0.5) is 11.5 Å². The van der Waals surface area contributed by atoms with E-state index in [1.54, 1.807) is 18.2 Å². The summed E-state index contributed by atoms with van der Waals surface area (Å²) in [5.74, 6) is -1.06. The Morgan fingerprint density at radius 1 is 1.06 bits per heavy atom. The molecule has 5 N–H and O–H groups in total. The van der Waals surface area contributed by atoms with E-state index in [9.17, 15) is 20.1 Å². The summed E-state index contributed by atoms with van der Waals surface area (Å²) >= 11 is 1.08. The van der Waals surface area contributed by atoms with E-state index < -0.39 is 11.2 Å². The van der Waals surface area contributed by atoms with Crippen molar-refractivity contribution >= 4 is 35.1 Å². The lowest BCUT2D eigenvalue weighted by atomic mass is 9.96. The number of aryl methyl sites for hydroxylation is 1. The topological polar surface area (TPSA) is 159 Å². The van der Waals surface area contributed by atoms with Gasteiger partial charge in [-0.25, -0.2) is 4.98 Å². The van der Waals surface area contributed by atoms with E-state index in [1.165, 1.54) is 6.07 Å². The van der Waals surface area contributed by atoms with Gasteiger partial charge < -0.3 is 16.8 Å². The molecule has 0 bridgehead atoms. The van der Waals surface area contributed by atoms with Crippen LogP contribution in [-0.2, 0) is 11.2 Å². The number of aromatic nitrogens is 1. The van der Waals surface area contributed by atoms with Crippen molar-refractivity contribution in [2.45, 2.75) is 37.0 Å². The molecule has 176 valence electrons. The van der Waals surface area contributed by atoms with Crippen LogP contribution in [0.5, 0.6) is 0 Å². The van der Waals surface area contributed by atoms with Crippen LogP contribution in [0.2, 0.25) is 0 Å². The summed E-state index contributed by atoms with van der Waals surface area (Å²) in [6, 6.07) is 18.2. The second kappa shape index (κ2) is 11.2. The van der Waals surface area contributed by atoms with Crippen LogP contribution in [0.1, 0.15) is 47.3 Å². The number of para-hydroxylation sites is 1. The van der Waals surface area contributed by atoms with Crippen molar-refractivity contribution in [2.75, 3.05) is 11.1 Å². The van der Waals surface area contributed by atoms with Gasteiger partial charge in [0.1, 0.15) is 28.5 Å². The third-order valence-corrected chi connectivity index (χ3v) is 6.78. The summed E-state index contributed by atoms with van der Waals surface area (Å²) in [5.41, 5.74) is 14.5. The lowest BCUT2D eigenvalue weighted by Crippen LogP contribution is -2.26. The van der Waals surface area contributed by atoms with E-state index in [0.717, 1.165) is 23.7 Å². The number of hydrogen-bond acceptors (Lipinski definition) is 7. The molecule has 1 heterocycles. The number of nitrogens with two attached hydrogens (primary N) is 2. The lowest BCUT2D eigenvalue weighted by molar-refractivity contribution is -0.115. The highest BCUT2D eigenvalue weighted by Gasteiger charge is 2.26. The molecule has 0 radical (unpaired) electrons. The van der Waals surface area contributed by atoms with Gasteiger partial charge in [-0.05, 0) is 36.1 Å². The molecule has 9 heteroatoms. The van der Waals surface area contributed by atoms with Crippen LogP contribution >= 0.6 is 11.8 Å². The number of nitrogens with one attached hydrogen (secondary N) is 1. The van der Waals surface area contributed by atoms with Crippen molar-refractivity contribution in [3.05, 3.63) is 70.8 Å². The first-order valence-electron chi connectivity index (χ1n) is 10.9. The first kappa shape index (κ1) is 25.3.